The van der Waals surface area contributed by atoms with Crippen molar-refractivity contribution in [1.82, 2.24) is 0 Å². The fourth-order valence-electron chi connectivity index (χ4n) is 1.06. The number of hydrogen-bond acceptors (Lipinski definition) is 4. The third-order valence-electron chi connectivity index (χ3n) is 1.65. The number of rotatable bonds is 4. The maximum atomic E-state index is 11.0. The second-order valence-electron chi connectivity index (χ2n) is 2.66. The summed E-state index contributed by atoms with van der Waals surface area (Å²) in [6.45, 7) is -0.0684. The van der Waals surface area contributed by atoms with E-state index < -0.39 is 5.91 Å². The van der Waals surface area contributed by atoms with Crippen molar-refractivity contribution in [3.63, 3.8) is 0 Å². The van der Waals surface area contributed by atoms with Crippen LogP contribution in [-0.2, 0) is 0 Å². The first-order chi connectivity index (χ1) is 6.66. The van der Waals surface area contributed by atoms with Crippen LogP contribution in [0.5, 0.6) is 5.75 Å². The van der Waals surface area contributed by atoms with Crippen LogP contribution in [-0.4, -0.2) is 24.2 Å². The first-order valence-electron chi connectivity index (χ1n) is 4.08. The number of hydrogen-bond donors (Lipinski definition) is 3. The molecule has 1 rings (SSSR count). The lowest BCUT2D eigenvalue weighted by Gasteiger charge is -2.10. The van der Waals surface area contributed by atoms with E-state index in [0.717, 1.165) is 0 Å². The van der Waals surface area contributed by atoms with Crippen molar-refractivity contribution in [2.75, 3.05) is 18.9 Å². The number of carbonyl (C=O) groups is 1. The van der Waals surface area contributed by atoms with Gasteiger partial charge in [0.25, 0.3) is 5.91 Å². The second kappa shape index (κ2) is 4.48. The smallest absolute Gasteiger partial charge is 0.252 e. The lowest BCUT2D eigenvalue weighted by molar-refractivity contribution is 0.0994. The average Bonchev–Trinajstić information content (AvgIpc) is 2.15. The number of nitrogen functional groups attached to an aromatic ring is 1. The van der Waals surface area contributed by atoms with Crippen molar-refractivity contribution in [2.24, 2.45) is 5.73 Å². The molecule has 5 nitrogen and oxygen atoms in total. The Morgan fingerprint density at radius 1 is 1.50 bits per heavy atom. The monoisotopic (exact) mass is 196 g/mol. The maximum absolute atomic E-state index is 11.0. The Morgan fingerprint density at radius 2 is 2.21 bits per heavy atom. The summed E-state index contributed by atoms with van der Waals surface area (Å²) < 4.78 is 5.10. The van der Waals surface area contributed by atoms with Gasteiger partial charge in [-0.15, -0.1) is 0 Å². The Bertz CT molecular complexity index is 339. The molecule has 0 aliphatic rings. The summed E-state index contributed by atoms with van der Waals surface area (Å²) in [5.41, 5.74) is 11.3. The number of para-hydroxylation sites is 1. The van der Waals surface area contributed by atoms with Gasteiger partial charge in [-0.2, -0.15) is 0 Å². The van der Waals surface area contributed by atoms with E-state index in [4.69, 9.17) is 21.3 Å². The standard InChI is InChI=1S/C9H12N2O3/c10-7-3-1-2-6(9(11)13)8(7)14-5-4-12/h1-3,12H,4-5,10H2,(H2,11,13). The number of benzene rings is 1. The number of anilines is 1. The normalized spacial score (nSPS) is 9.79. The molecule has 5 N–H and O–H groups in total. The molecule has 0 aliphatic carbocycles. The van der Waals surface area contributed by atoms with Gasteiger partial charge in [0.2, 0.25) is 0 Å². The predicted octanol–water partition coefficient (Wildman–Crippen LogP) is -0.261. The molecule has 0 aliphatic heterocycles. The lowest BCUT2D eigenvalue weighted by Crippen LogP contribution is -2.15. The molecule has 0 bridgehead atoms. The van der Waals surface area contributed by atoms with Gasteiger partial charge in [-0.3, -0.25) is 4.79 Å². The van der Waals surface area contributed by atoms with E-state index in [-0.39, 0.29) is 24.5 Å². The van der Waals surface area contributed by atoms with Crippen LogP contribution in [0.15, 0.2) is 18.2 Å². The van der Waals surface area contributed by atoms with Crippen LogP contribution in [0.3, 0.4) is 0 Å². The van der Waals surface area contributed by atoms with E-state index in [0.29, 0.717) is 5.69 Å². The van der Waals surface area contributed by atoms with Gasteiger partial charge in [-0.05, 0) is 12.1 Å². The van der Waals surface area contributed by atoms with E-state index in [9.17, 15) is 4.79 Å². The van der Waals surface area contributed by atoms with Crippen LogP contribution in [0, 0.1) is 0 Å². The summed E-state index contributed by atoms with van der Waals surface area (Å²) in [4.78, 5) is 11.0. The minimum Gasteiger partial charge on any atom is -0.488 e. The third kappa shape index (κ3) is 2.14. The molecule has 1 aromatic rings. The van der Waals surface area contributed by atoms with Gasteiger partial charge < -0.3 is 21.3 Å². The molecule has 1 amide bonds. The number of carbonyl (C=O) groups excluding carboxylic acids is 1. The lowest BCUT2D eigenvalue weighted by atomic mass is 10.1. The van der Waals surface area contributed by atoms with Gasteiger partial charge in [0, 0.05) is 0 Å². The zero-order chi connectivity index (χ0) is 10.6. The van der Waals surface area contributed by atoms with Crippen LogP contribution in [0.2, 0.25) is 0 Å². The first kappa shape index (κ1) is 10.3. The number of aliphatic hydroxyl groups is 1. The topological polar surface area (TPSA) is 98.6 Å². The number of ether oxygens (including phenoxy) is 1. The number of aliphatic hydroxyl groups excluding tert-OH is 1. The molecule has 0 unspecified atom stereocenters. The van der Waals surface area contributed by atoms with Crippen molar-refractivity contribution in [3.05, 3.63) is 23.8 Å². The van der Waals surface area contributed by atoms with E-state index >= 15 is 0 Å². The van der Waals surface area contributed by atoms with E-state index in [2.05, 4.69) is 0 Å². The molecule has 0 radical (unpaired) electrons. The molecule has 76 valence electrons. The summed E-state index contributed by atoms with van der Waals surface area (Å²) in [6, 6.07) is 4.73. The van der Waals surface area contributed by atoms with Crippen molar-refractivity contribution >= 4 is 11.6 Å². The fourth-order valence-corrected chi connectivity index (χ4v) is 1.06. The van der Waals surface area contributed by atoms with Crippen molar-refractivity contribution in [3.8, 4) is 5.75 Å². The van der Waals surface area contributed by atoms with Gasteiger partial charge in [0.1, 0.15) is 6.61 Å². The average molecular weight is 196 g/mol. The highest BCUT2D eigenvalue weighted by molar-refractivity contribution is 5.97. The highest BCUT2D eigenvalue weighted by Crippen LogP contribution is 2.25. The van der Waals surface area contributed by atoms with Gasteiger partial charge in [-0.1, -0.05) is 6.07 Å². The Labute approximate surface area is 81.3 Å². The first-order valence-corrected chi connectivity index (χ1v) is 4.08. The molecule has 5 heteroatoms. The van der Waals surface area contributed by atoms with Crippen molar-refractivity contribution < 1.29 is 14.6 Å². The molecule has 0 aromatic heterocycles. The zero-order valence-corrected chi connectivity index (χ0v) is 7.56. The Morgan fingerprint density at radius 3 is 2.79 bits per heavy atom. The van der Waals surface area contributed by atoms with E-state index in [1.54, 1.807) is 12.1 Å². The van der Waals surface area contributed by atoms with Crippen LogP contribution in [0.1, 0.15) is 10.4 Å². The van der Waals surface area contributed by atoms with E-state index in [1.165, 1.54) is 6.07 Å². The second-order valence-corrected chi connectivity index (χ2v) is 2.66. The minimum absolute atomic E-state index is 0.0779. The molecule has 1 aromatic carbocycles. The van der Waals surface area contributed by atoms with Gasteiger partial charge in [0.15, 0.2) is 5.75 Å². The molecule has 0 atom stereocenters. The van der Waals surface area contributed by atoms with E-state index in [1.807, 2.05) is 0 Å². The zero-order valence-electron chi connectivity index (χ0n) is 7.56. The van der Waals surface area contributed by atoms with Gasteiger partial charge in [0.05, 0.1) is 17.9 Å². The quantitative estimate of drug-likeness (QED) is 0.578. The molecular formula is C9H12N2O3. The van der Waals surface area contributed by atoms with Crippen molar-refractivity contribution in [1.29, 1.82) is 0 Å². The predicted molar refractivity (Wildman–Crippen MR) is 52.0 cm³/mol. The van der Waals surface area contributed by atoms with Gasteiger partial charge >= 0.3 is 0 Å². The van der Waals surface area contributed by atoms with Crippen LogP contribution >= 0.6 is 0 Å². The summed E-state index contributed by atoms with van der Waals surface area (Å²) in [7, 11) is 0. The van der Waals surface area contributed by atoms with Crippen LogP contribution < -0.4 is 16.2 Å². The molecule has 0 saturated carbocycles. The highest BCUT2D eigenvalue weighted by Gasteiger charge is 2.11. The Kier molecular flexibility index (Phi) is 3.30. The molecular weight excluding hydrogens is 184 g/mol. The minimum atomic E-state index is -0.606. The van der Waals surface area contributed by atoms with Gasteiger partial charge in [-0.25, -0.2) is 0 Å². The number of nitrogens with two attached hydrogens (primary N) is 2. The number of primary amides is 1. The molecule has 0 heterocycles. The molecule has 14 heavy (non-hydrogen) atoms. The highest BCUT2D eigenvalue weighted by atomic mass is 16.5. The molecule has 0 fully saturated rings. The summed E-state index contributed by atoms with van der Waals surface area (Å²) in [5.74, 6) is -0.376. The Hall–Kier alpha value is -1.75. The largest absolute Gasteiger partial charge is 0.488 e. The Balaban J connectivity index is 3.02. The number of amides is 1. The van der Waals surface area contributed by atoms with Crippen LogP contribution in [0.25, 0.3) is 0 Å². The maximum Gasteiger partial charge on any atom is 0.252 e. The SMILES string of the molecule is NC(=O)c1cccc(N)c1OCCO. The summed E-state index contributed by atoms with van der Waals surface area (Å²) >= 11 is 0. The molecule has 0 saturated heterocycles. The summed E-state index contributed by atoms with van der Waals surface area (Å²) in [5, 5.41) is 8.57. The summed E-state index contributed by atoms with van der Waals surface area (Å²) in [6.07, 6.45) is 0. The fraction of sp³-hybridized carbons (Fsp3) is 0.222. The third-order valence-corrected chi connectivity index (χ3v) is 1.65. The van der Waals surface area contributed by atoms with Crippen molar-refractivity contribution in [2.45, 2.75) is 0 Å². The molecule has 0 spiro atoms. The van der Waals surface area contributed by atoms with Crippen LogP contribution in [0.4, 0.5) is 5.69 Å².